The predicted molar refractivity (Wildman–Crippen MR) is 216 cm³/mol. The molecule has 0 unspecified atom stereocenters. The lowest BCUT2D eigenvalue weighted by Crippen LogP contribution is -2.11. The molecule has 0 fully saturated rings. The van der Waals surface area contributed by atoms with Gasteiger partial charge >= 0.3 is 0 Å². The average molecular weight is 840 g/mol. The maximum Gasteiger partial charge on any atom is 0.296 e. The Morgan fingerprint density at radius 2 is 1.24 bits per heavy atom. The van der Waals surface area contributed by atoms with Crippen LogP contribution < -0.4 is 19.5 Å². The van der Waals surface area contributed by atoms with E-state index in [1.807, 2.05) is 0 Å². The molecule has 0 saturated heterocycles. The Morgan fingerprint density at radius 3 is 1.85 bits per heavy atom. The van der Waals surface area contributed by atoms with Crippen LogP contribution in [0.1, 0.15) is 15.9 Å². The molecule has 6 aromatic rings. The first-order valence-corrected chi connectivity index (χ1v) is 19.9. The zero-order valence-electron chi connectivity index (χ0n) is 31.4. The summed E-state index contributed by atoms with van der Waals surface area (Å²) in [7, 11) is -5.25. The summed E-state index contributed by atoms with van der Waals surface area (Å²) in [5.74, 6) is -0.553. The van der Waals surface area contributed by atoms with Crippen LogP contribution in [0.2, 0.25) is 0 Å². The summed E-state index contributed by atoms with van der Waals surface area (Å²) in [5, 5.41) is 39.3. The van der Waals surface area contributed by atoms with Gasteiger partial charge in [-0.05, 0) is 84.6 Å². The van der Waals surface area contributed by atoms with Crippen molar-refractivity contribution >= 4 is 76.7 Å². The molecule has 0 aliphatic carbocycles. The smallest absolute Gasteiger partial charge is 0.296 e. The Balaban J connectivity index is 1.28. The van der Waals surface area contributed by atoms with Crippen molar-refractivity contribution in [3.63, 3.8) is 0 Å². The maximum atomic E-state index is 12.7. The van der Waals surface area contributed by atoms with Gasteiger partial charge in [0.25, 0.3) is 26.1 Å². The lowest BCUT2D eigenvalue weighted by molar-refractivity contribution is 0.102. The van der Waals surface area contributed by atoms with Crippen LogP contribution >= 0.6 is 0 Å². The van der Waals surface area contributed by atoms with Gasteiger partial charge in [-0.15, -0.1) is 20.5 Å². The van der Waals surface area contributed by atoms with Gasteiger partial charge in [0.05, 0.1) is 37.6 Å². The Hall–Kier alpha value is -7.13. The summed E-state index contributed by atoms with van der Waals surface area (Å²) in [4.78, 5) is 11.8. The third-order valence-electron chi connectivity index (χ3n) is 8.51. The Labute approximate surface area is 337 Å². The number of methoxy groups -OCH3 is 3. The minimum absolute atomic E-state index is 0.0669. The summed E-state index contributed by atoms with van der Waals surface area (Å²) in [6.45, 7) is 1.74. The molecule has 1 amide bonds. The fraction of sp³-hybridized carbons (Fsp3) is 0.103. The lowest BCUT2D eigenvalue weighted by Gasteiger charge is -2.13. The van der Waals surface area contributed by atoms with E-state index in [0.717, 1.165) is 6.07 Å². The van der Waals surface area contributed by atoms with Gasteiger partial charge in [0.2, 0.25) is 0 Å². The quantitative estimate of drug-likeness (QED) is 0.0628. The summed E-state index contributed by atoms with van der Waals surface area (Å²) in [6, 6.07) is 25.1. The fourth-order valence-electron chi connectivity index (χ4n) is 5.59. The van der Waals surface area contributed by atoms with E-state index in [-0.39, 0.29) is 50.3 Å². The van der Waals surface area contributed by atoms with E-state index in [9.17, 15) is 35.8 Å². The number of fused-ring (bicyclic) bond motifs is 1. The highest BCUT2D eigenvalue weighted by atomic mass is 32.2. The third-order valence-corrected chi connectivity index (χ3v) is 10.2. The summed E-state index contributed by atoms with van der Waals surface area (Å²) < 4.78 is 83.8. The maximum absolute atomic E-state index is 12.7. The van der Waals surface area contributed by atoms with Crippen molar-refractivity contribution in [2.75, 3.05) is 26.6 Å². The number of phenolic OH excluding ortho intramolecular Hbond substituents is 1. The molecular weight excluding hydrogens is 807 g/mol. The van der Waals surface area contributed by atoms with Gasteiger partial charge in [-0.1, -0.05) is 18.2 Å². The number of benzene rings is 6. The van der Waals surface area contributed by atoms with Crippen molar-refractivity contribution in [3.05, 3.63) is 114 Å². The van der Waals surface area contributed by atoms with Crippen LogP contribution in [0.5, 0.6) is 23.0 Å². The van der Waals surface area contributed by atoms with Crippen molar-refractivity contribution in [1.29, 1.82) is 0 Å². The average Bonchev–Trinajstić information content (AvgIpc) is 3.21. The van der Waals surface area contributed by atoms with E-state index < -0.39 is 36.8 Å². The summed E-state index contributed by atoms with van der Waals surface area (Å²) in [6.07, 6.45) is 0. The number of aryl methyl sites for hydroxylation is 1. The van der Waals surface area contributed by atoms with Crippen molar-refractivity contribution in [3.8, 4) is 23.0 Å². The molecule has 0 saturated carbocycles. The highest BCUT2D eigenvalue weighted by molar-refractivity contribution is 7.86. The third kappa shape index (κ3) is 9.54. The number of nitrogens with zero attached hydrogens (tertiary/aromatic N) is 6. The van der Waals surface area contributed by atoms with Gasteiger partial charge in [-0.2, -0.15) is 27.1 Å². The second kappa shape index (κ2) is 17.2. The van der Waals surface area contributed by atoms with Crippen molar-refractivity contribution in [1.82, 2.24) is 0 Å². The monoisotopic (exact) mass is 839 g/mol. The largest absolute Gasteiger partial charge is 0.506 e. The molecule has 6 aromatic carbocycles. The minimum Gasteiger partial charge on any atom is -0.506 e. The van der Waals surface area contributed by atoms with Crippen LogP contribution in [0.25, 0.3) is 10.8 Å². The first kappa shape index (κ1) is 41.5. The molecule has 0 spiro atoms. The number of hydrogen-bond donors (Lipinski definition) is 4. The molecule has 0 heterocycles. The number of hydrogen-bond acceptors (Lipinski definition) is 15. The number of carbonyl (C=O) groups is 1. The molecule has 0 bridgehead atoms. The molecule has 302 valence electrons. The number of ether oxygens (including phenoxy) is 3. The first-order chi connectivity index (χ1) is 28.1. The normalized spacial score (nSPS) is 12.1. The zero-order valence-corrected chi connectivity index (χ0v) is 33.1. The Kier molecular flexibility index (Phi) is 12.1. The first-order valence-electron chi connectivity index (χ1n) is 17.0. The highest BCUT2D eigenvalue weighted by Crippen LogP contribution is 2.45. The summed E-state index contributed by atoms with van der Waals surface area (Å²) >= 11 is 0. The van der Waals surface area contributed by atoms with Crippen LogP contribution in [0.15, 0.2) is 144 Å². The lowest BCUT2D eigenvalue weighted by atomic mass is 10.1. The predicted octanol–water partition coefficient (Wildman–Crippen LogP) is 9.87. The molecule has 20 heteroatoms. The van der Waals surface area contributed by atoms with Crippen molar-refractivity contribution in [2.24, 2.45) is 30.7 Å². The minimum atomic E-state index is -4.92. The standard InChI is InChI=1S/C39H33N7O11S2/c1-22-16-31(34(55-2)20-29(22)42-41-25-10-13-27(14-11-25)58(49,50)51)44-45-32-19-33(47)30(21-35(32)56-3)43-46-37-36(59(52,53)54)18-24-17-26(12-15-28(24)38(37)57-4)40-39(48)23-8-6-5-7-9-23/h5-21,47H,1-4H3,(H,40,48)(H,49,50,51)(H,52,53,54). The molecular formula is C39H33N7O11S2. The number of aromatic hydroxyl groups is 1. The number of amides is 1. The van der Waals surface area contributed by atoms with Crippen LogP contribution in [-0.4, -0.2) is 58.3 Å². The second-order valence-electron chi connectivity index (χ2n) is 12.4. The van der Waals surface area contributed by atoms with Gasteiger partial charge in [-0.3, -0.25) is 13.9 Å². The van der Waals surface area contributed by atoms with Crippen LogP contribution in [0.3, 0.4) is 0 Å². The van der Waals surface area contributed by atoms with Gasteiger partial charge < -0.3 is 24.6 Å². The van der Waals surface area contributed by atoms with E-state index in [2.05, 4.69) is 36.0 Å². The van der Waals surface area contributed by atoms with Gasteiger partial charge in [-0.25, -0.2) is 0 Å². The van der Waals surface area contributed by atoms with Crippen LogP contribution in [-0.2, 0) is 20.2 Å². The van der Waals surface area contributed by atoms with Gasteiger partial charge in [0.1, 0.15) is 44.9 Å². The van der Waals surface area contributed by atoms with E-state index in [0.29, 0.717) is 33.6 Å². The Morgan fingerprint density at radius 1 is 0.627 bits per heavy atom. The number of rotatable bonds is 13. The van der Waals surface area contributed by atoms with Crippen LogP contribution in [0.4, 0.5) is 39.8 Å². The van der Waals surface area contributed by atoms with E-state index in [1.165, 1.54) is 63.8 Å². The zero-order chi connectivity index (χ0) is 42.5. The van der Waals surface area contributed by atoms with E-state index in [1.54, 1.807) is 61.5 Å². The van der Waals surface area contributed by atoms with Crippen molar-refractivity contribution in [2.45, 2.75) is 16.7 Å². The topological polar surface area (TPSA) is 260 Å². The van der Waals surface area contributed by atoms with E-state index >= 15 is 0 Å². The highest BCUT2D eigenvalue weighted by Gasteiger charge is 2.24. The number of anilines is 1. The molecule has 0 aliphatic heterocycles. The van der Waals surface area contributed by atoms with Crippen LogP contribution in [0, 0.1) is 6.92 Å². The summed E-state index contributed by atoms with van der Waals surface area (Å²) in [5.41, 5.74) is 1.91. The molecule has 6 rings (SSSR count). The Bertz CT molecular complexity index is 2910. The molecule has 0 aromatic heterocycles. The SMILES string of the molecule is COc1cc(N=Nc2ccc(S(=O)(=O)O)cc2)c(C)cc1N=Nc1cc(O)c(N=Nc2c(S(=O)(=O)O)cc3cc(NC(=O)c4ccccc4)ccc3c2OC)cc1OC. The number of nitrogens with one attached hydrogen (secondary N) is 1. The molecule has 0 atom stereocenters. The second-order valence-corrected chi connectivity index (χ2v) is 15.2. The molecule has 59 heavy (non-hydrogen) atoms. The van der Waals surface area contributed by atoms with E-state index in [4.69, 9.17) is 14.2 Å². The fourth-order valence-corrected chi connectivity index (χ4v) is 6.73. The number of azo groups is 3. The number of carbonyl (C=O) groups excluding carboxylic acids is 1. The number of phenols is 1. The molecule has 18 nitrogen and oxygen atoms in total. The molecule has 4 N–H and O–H groups in total. The molecule has 0 radical (unpaired) electrons. The van der Waals surface area contributed by atoms with Crippen molar-refractivity contribution < 1.29 is 50.1 Å². The van der Waals surface area contributed by atoms with Gasteiger partial charge in [0, 0.05) is 34.8 Å². The van der Waals surface area contributed by atoms with Gasteiger partial charge in [0.15, 0.2) is 5.75 Å². The molecule has 0 aliphatic rings.